The van der Waals surface area contributed by atoms with Gasteiger partial charge in [0, 0.05) is 82.5 Å². The Morgan fingerprint density at radius 3 is 0.915 bits per heavy atom. The van der Waals surface area contributed by atoms with Gasteiger partial charge in [-0.2, -0.15) is 0 Å². The van der Waals surface area contributed by atoms with Crippen LogP contribution in [0.15, 0.2) is 340 Å². The van der Waals surface area contributed by atoms with E-state index < -0.39 is 0 Å². The Morgan fingerprint density at radius 1 is 0.170 bits per heavy atom. The molecule has 0 saturated carbocycles. The minimum Gasteiger partial charge on any atom is -0.309 e. The minimum atomic E-state index is 0.641. The molecular formula is C88H56N6. The monoisotopic (exact) mass is 1200 g/mol. The fourth-order valence-electron chi connectivity index (χ4n) is 14.9. The molecule has 94 heavy (non-hydrogen) atoms. The number of hydrogen-bond acceptors (Lipinski definition) is 2. The first kappa shape index (κ1) is 53.2. The van der Waals surface area contributed by atoms with E-state index in [-0.39, 0.29) is 0 Å². The Hall–Kier alpha value is -12.6. The van der Waals surface area contributed by atoms with Crippen LogP contribution < -0.4 is 0 Å². The molecule has 0 saturated heterocycles. The molecule has 438 valence electrons. The predicted octanol–water partition coefficient (Wildman–Crippen LogP) is 22.9. The molecule has 5 aromatic heterocycles. The van der Waals surface area contributed by atoms with Gasteiger partial charge in [-0.1, -0.05) is 212 Å². The number of hydrogen-bond donors (Lipinski definition) is 0. The van der Waals surface area contributed by atoms with Crippen molar-refractivity contribution in [3.63, 3.8) is 0 Å². The molecule has 0 radical (unpaired) electrons. The molecule has 0 aliphatic rings. The molecule has 0 amide bonds. The van der Waals surface area contributed by atoms with Crippen molar-refractivity contribution < 1.29 is 0 Å². The van der Waals surface area contributed by atoms with E-state index in [1.807, 2.05) is 0 Å². The predicted molar refractivity (Wildman–Crippen MR) is 392 cm³/mol. The van der Waals surface area contributed by atoms with Gasteiger partial charge in [0.05, 0.1) is 55.5 Å². The Labute approximate surface area is 542 Å². The van der Waals surface area contributed by atoms with Gasteiger partial charge >= 0.3 is 0 Å². The van der Waals surface area contributed by atoms with Crippen LogP contribution in [0.4, 0.5) is 0 Å². The van der Waals surface area contributed by atoms with Crippen LogP contribution >= 0.6 is 0 Å². The quantitative estimate of drug-likeness (QED) is 0.137. The summed E-state index contributed by atoms with van der Waals surface area (Å²) in [6.45, 7) is 0. The maximum absolute atomic E-state index is 5.57. The highest BCUT2D eigenvalue weighted by Crippen LogP contribution is 2.43. The molecule has 0 fully saturated rings. The first-order valence-corrected chi connectivity index (χ1v) is 32.1. The lowest BCUT2D eigenvalue weighted by molar-refractivity contribution is 1.15. The summed E-state index contributed by atoms with van der Waals surface area (Å²) in [4.78, 5) is 11.1. The Kier molecular flexibility index (Phi) is 12.2. The van der Waals surface area contributed by atoms with Crippen LogP contribution in [0.1, 0.15) is 0 Å². The highest BCUT2D eigenvalue weighted by molar-refractivity contribution is 6.15. The summed E-state index contributed by atoms with van der Waals surface area (Å²) in [5.41, 5.74) is 25.2. The highest BCUT2D eigenvalue weighted by Gasteiger charge is 2.22. The average Bonchev–Trinajstić information content (AvgIpc) is 1.66. The zero-order valence-corrected chi connectivity index (χ0v) is 51.0. The fourth-order valence-corrected chi connectivity index (χ4v) is 14.9. The van der Waals surface area contributed by atoms with E-state index in [2.05, 4.69) is 358 Å². The van der Waals surface area contributed by atoms with E-state index in [4.69, 9.17) is 9.97 Å². The Bertz CT molecular complexity index is 5890. The lowest BCUT2D eigenvalue weighted by Crippen LogP contribution is -1.99. The van der Waals surface area contributed by atoms with Gasteiger partial charge in [-0.3, -0.25) is 0 Å². The lowest BCUT2D eigenvalue weighted by Gasteiger charge is -2.15. The van der Waals surface area contributed by atoms with Crippen LogP contribution in [0.5, 0.6) is 0 Å². The summed E-state index contributed by atoms with van der Waals surface area (Å²) < 4.78 is 9.55. The van der Waals surface area contributed by atoms with E-state index in [9.17, 15) is 0 Å². The van der Waals surface area contributed by atoms with Gasteiger partial charge in [0.2, 0.25) is 0 Å². The molecule has 0 N–H and O–H groups in total. The Morgan fingerprint density at radius 2 is 0.479 bits per heavy atom. The van der Waals surface area contributed by atoms with Crippen LogP contribution in [0, 0.1) is 0 Å². The third-order valence-corrected chi connectivity index (χ3v) is 19.2. The Balaban J connectivity index is 0.726. The van der Waals surface area contributed by atoms with Crippen LogP contribution in [0.2, 0.25) is 0 Å². The summed E-state index contributed by atoms with van der Waals surface area (Å²) in [6.07, 6.45) is 0. The van der Waals surface area contributed by atoms with Gasteiger partial charge < -0.3 is 18.3 Å². The summed E-state index contributed by atoms with van der Waals surface area (Å²) in [6, 6.07) is 123. The third-order valence-electron chi connectivity index (χ3n) is 19.2. The van der Waals surface area contributed by atoms with Crippen molar-refractivity contribution in [2.45, 2.75) is 0 Å². The van der Waals surface area contributed by atoms with Gasteiger partial charge in [0.1, 0.15) is 0 Å². The number of nitrogens with zero attached hydrogens (tertiary/aromatic N) is 6. The molecule has 0 bridgehead atoms. The summed E-state index contributed by atoms with van der Waals surface area (Å²) in [5, 5.41) is 9.71. The van der Waals surface area contributed by atoms with Crippen LogP contribution in [0.25, 0.3) is 177 Å². The molecule has 0 unspecified atom stereocenters. The van der Waals surface area contributed by atoms with Crippen LogP contribution in [-0.2, 0) is 0 Å². The van der Waals surface area contributed by atoms with E-state index in [1.165, 1.54) is 87.4 Å². The molecule has 0 atom stereocenters. The van der Waals surface area contributed by atoms with Gasteiger partial charge in [-0.15, -0.1) is 0 Å². The average molecular weight is 1200 g/mol. The van der Waals surface area contributed by atoms with E-state index in [0.29, 0.717) is 5.82 Å². The van der Waals surface area contributed by atoms with Crippen molar-refractivity contribution in [3.05, 3.63) is 340 Å². The second-order valence-electron chi connectivity index (χ2n) is 24.5. The van der Waals surface area contributed by atoms with Crippen molar-refractivity contribution in [2.24, 2.45) is 0 Å². The third kappa shape index (κ3) is 8.58. The minimum absolute atomic E-state index is 0.641. The first-order valence-electron chi connectivity index (χ1n) is 32.1. The van der Waals surface area contributed by atoms with Crippen LogP contribution in [-0.4, -0.2) is 28.2 Å². The largest absolute Gasteiger partial charge is 0.309 e. The van der Waals surface area contributed by atoms with Crippen LogP contribution in [0.3, 0.4) is 0 Å². The molecule has 14 aromatic carbocycles. The van der Waals surface area contributed by atoms with Crippen molar-refractivity contribution in [1.29, 1.82) is 0 Å². The lowest BCUT2D eigenvalue weighted by atomic mass is 9.96. The molecule has 19 rings (SSSR count). The molecule has 0 aliphatic carbocycles. The van der Waals surface area contributed by atoms with E-state index in [1.54, 1.807) is 0 Å². The van der Waals surface area contributed by atoms with Gasteiger partial charge in [-0.25, -0.2) is 9.97 Å². The second-order valence-corrected chi connectivity index (χ2v) is 24.5. The maximum atomic E-state index is 5.57. The molecule has 0 aliphatic heterocycles. The summed E-state index contributed by atoms with van der Waals surface area (Å²) >= 11 is 0. The molecule has 19 aromatic rings. The van der Waals surface area contributed by atoms with E-state index >= 15 is 0 Å². The molecule has 0 spiro atoms. The highest BCUT2D eigenvalue weighted by atomic mass is 15.0. The molecule has 6 heteroatoms. The molecule has 6 nitrogen and oxygen atoms in total. The normalized spacial score (nSPS) is 11.8. The standard InChI is InChI=1S/C88H56N6/c1-4-22-57(23-5-1)68-32-10-11-33-69(68)79-56-78(62-24-20-30-66(50-62)93-82-40-18-14-36-72(82)76-54-60(44-48-86(76)93)58-42-46-84-74(52-58)70-34-12-16-38-80(70)91(84)64-26-6-2-7-27-64)89-88(90-79)63-25-21-31-67(51-63)94-83-41-19-15-37-73(83)77-55-61(45-49-87(77)94)59-43-47-85-75(53-59)71-35-13-17-39-81(71)92(85)65-28-8-3-9-29-65/h1-56H. The smallest absolute Gasteiger partial charge is 0.160 e. The summed E-state index contributed by atoms with van der Waals surface area (Å²) in [5.74, 6) is 0.641. The number of aromatic nitrogens is 6. The number of fused-ring (bicyclic) bond motifs is 12. The maximum Gasteiger partial charge on any atom is 0.160 e. The van der Waals surface area contributed by atoms with Gasteiger partial charge in [0.25, 0.3) is 0 Å². The second kappa shape index (κ2) is 21.5. The number of para-hydroxylation sites is 6. The van der Waals surface area contributed by atoms with Gasteiger partial charge in [-0.05, 0) is 161 Å². The van der Waals surface area contributed by atoms with Crippen molar-refractivity contribution in [2.75, 3.05) is 0 Å². The first-order chi connectivity index (χ1) is 46.6. The molecular weight excluding hydrogens is 1140 g/mol. The van der Waals surface area contributed by atoms with Crippen molar-refractivity contribution in [1.82, 2.24) is 28.2 Å². The van der Waals surface area contributed by atoms with Crippen molar-refractivity contribution >= 4 is 87.2 Å². The topological polar surface area (TPSA) is 45.5 Å². The summed E-state index contributed by atoms with van der Waals surface area (Å²) in [7, 11) is 0. The zero-order chi connectivity index (χ0) is 61.8. The molecule has 5 heterocycles. The zero-order valence-electron chi connectivity index (χ0n) is 51.0. The van der Waals surface area contributed by atoms with Gasteiger partial charge in [0.15, 0.2) is 5.82 Å². The fraction of sp³-hybridized carbons (Fsp3) is 0. The SMILES string of the molecule is c1ccc(-c2ccccc2-c2cc(-c3cccc(-n4c5ccccc5c5cc(-c6ccc7c(c6)c6ccccc6n7-c6ccccc6)ccc54)c3)nc(-c3cccc(-n4c5ccccc5c5cc(-c6ccc7c(c6)c6ccccc6n7-c6ccccc6)ccc54)c3)n2)cc1. The number of benzene rings is 14. The van der Waals surface area contributed by atoms with E-state index in [0.717, 1.165) is 84.0 Å². The van der Waals surface area contributed by atoms with Crippen molar-refractivity contribution in [3.8, 4) is 90.0 Å². The number of rotatable bonds is 10.